The van der Waals surface area contributed by atoms with Gasteiger partial charge in [0.25, 0.3) is 0 Å². The van der Waals surface area contributed by atoms with Gasteiger partial charge < -0.3 is 0 Å². The number of amides is 2. The molecule has 0 heterocycles. The van der Waals surface area contributed by atoms with Crippen molar-refractivity contribution < 1.29 is 4.79 Å². The van der Waals surface area contributed by atoms with Crippen LogP contribution in [-0.4, -0.2) is 12.3 Å². The number of carbonyl (C=O) groups excluding carboxylic acids is 1. The number of hydrogen-bond donors (Lipinski definition) is 1. The Morgan fingerprint density at radius 1 is 0.944 bits per heavy atom. The predicted octanol–water partition coefficient (Wildman–Crippen LogP) is 3.81. The average Bonchev–Trinajstić information content (AvgIpc) is 2.42. The van der Waals surface area contributed by atoms with E-state index in [2.05, 4.69) is 4.72 Å². The number of benzene rings is 2. The first-order valence-corrected chi connectivity index (χ1v) is 6.78. The van der Waals surface area contributed by atoms with Gasteiger partial charge in [0.2, 0.25) is 0 Å². The van der Waals surface area contributed by atoms with E-state index >= 15 is 0 Å². The molecule has 0 aliphatic rings. The molecule has 0 aliphatic carbocycles. The molecule has 18 heavy (non-hydrogen) atoms. The van der Waals surface area contributed by atoms with E-state index in [0.29, 0.717) is 0 Å². The molecule has 3 nitrogen and oxygen atoms in total. The number of anilines is 2. The Balaban J connectivity index is 2.38. The van der Waals surface area contributed by atoms with Crippen molar-refractivity contribution in [3.05, 3.63) is 60.7 Å². The zero-order valence-electron chi connectivity index (χ0n) is 10.0. The Labute approximate surface area is 111 Å². The minimum absolute atomic E-state index is 0.153. The van der Waals surface area contributed by atoms with Crippen molar-refractivity contribution in [1.82, 2.24) is 4.72 Å². The van der Waals surface area contributed by atoms with Crippen molar-refractivity contribution in [3.63, 3.8) is 0 Å². The number of urea groups is 1. The van der Waals surface area contributed by atoms with Gasteiger partial charge >= 0.3 is 6.03 Å². The Kier molecular flexibility index (Phi) is 4.25. The lowest BCUT2D eigenvalue weighted by molar-refractivity contribution is 0.254. The van der Waals surface area contributed by atoms with E-state index in [1.165, 1.54) is 11.9 Å². The molecule has 0 saturated heterocycles. The number of para-hydroxylation sites is 2. The summed E-state index contributed by atoms with van der Waals surface area (Å²) in [7, 11) is 0. The Morgan fingerprint density at radius 3 is 1.78 bits per heavy atom. The van der Waals surface area contributed by atoms with E-state index in [0.717, 1.165) is 11.4 Å². The number of nitrogens with zero attached hydrogens (tertiary/aromatic N) is 1. The first-order chi connectivity index (χ1) is 8.83. The summed E-state index contributed by atoms with van der Waals surface area (Å²) < 4.78 is 2.75. The van der Waals surface area contributed by atoms with Crippen LogP contribution in [0.3, 0.4) is 0 Å². The van der Waals surface area contributed by atoms with Crippen molar-refractivity contribution in [2.24, 2.45) is 0 Å². The van der Waals surface area contributed by atoms with Crippen LogP contribution < -0.4 is 9.62 Å². The molecule has 1 N–H and O–H groups in total. The third-order valence-electron chi connectivity index (χ3n) is 2.42. The number of rotatable bonds is 3. The van der Waals surface area contributed by atoms with Gasteiger partial charge in [0.1, 0.15) is 0 Å². The maximum atomic E-state index is 12.1. The second-order valence-electron chi connectivity index (χ2n) is 3.62. The molecule has 0 unspecified atom stereocenters. The maximum Gasteiger partial charge on any atom is 0.336 e. The highest BCUT2D eigenvalue weighted by Crippen LogP contribution is 2.25. The maximum absolute atomic E-state index is 12.1. The van der Waals surface area contributed by atoms with Crippen molar-refractivity contribution in [2.75, 3.05) is 11.2 Å². The van der Waals surface area contributed by atoms with Crippen molar-refractivity contribution in [2.45, 2.75) is 0 Å². The van der Waals surface area contributed by atoms with Crippen LogP contribution in [0.25, 0.3) is 0 Å². The monoisotopic (exact) mass is 258 g/mol. The summed E-state index contributed by atoms with van der Waals surface area (Å²) in [4.78, 5) is 13.8. The SMILES string of the molecule is CSNC(=O)N(c1ccccc1)c1ccccc1. The predicted molar refractivity (Wildman–Crippen MR) is 77.1 cm³/mol. The van der Waals surface area contributed by atoms with Crippen LogP contribution in [0.15, 0.2) is 60.7 Å². The number of hydrogen-bond acceptors (Lipinski definition) is 2. The van der Waals surface area contributed by atoms with E-state index in [4.69, 9.17) is 0 Å². The van der Waals surface area contributed by atoms with Crippen molar-refractivity contribution in [1.29, 1.82) is 0 Å². The highest BCUT2D eigenvalue weighted by molar-refractivity contribution is 7.97. The lowest BCUT2D eigenvalue weighted by atomic mass is 10.2. The highest BCUT2D eigenvalue weighted by atomic mass is 32.2. The third-order valence-corrected chi connectivity index (χ3v) is 2.80. The van der Waals surface area contributed by atoms with E-state index in [9.17, 15) is 4.79 Å². The van der Waals surface area contributed by atoms with Crippen LogP contribution in [0.1, 0.15) is 0 Å². The second kappa shape index (κ2) is 6.12. The summed E-state index contributed by atoms with van der Waals surface area (Å²) in [6.45, 7) is 0. The summed E-state index contributed by atoms with van der Waals surface area (Å²) in [6, 6.07) is 19.0. The molecule has 0 saturated carbocycles. The van der Waals surface area contributed by atoms with Gasteiger partial charge in [-0.2, -0.15) is 0 Å². The fourth-order valence-electron chi connectivity index (χ4n) is 1.67. The Hall–Kier alpha value is -1.94. The molecule has 4 heteroatoms. The molecule has 92 valence electrons. The summed E-state index contributed by atoms with van der Waals surface area (Å²) in [5, 5.41) is 0. The normalized spacial score (nSPS) is 9.83. The largest absolute Gasteiger partial charge is 0.336 e. The Bertz CT molecular complexity index is 462. The average molecular weight is 258 g/mol. The minimum atomic E-state index is -0.153. The summed E-state index contributed by atoms with van der Waals surface area (Å²) in [5.41, 5.74) is 1.69. The van der Waals surface area contributed by atoms with E-state index in [1.807, 2.05) is 66.9 Å². The van der Waals surface area contributed by atoms with Crippen molar-refractivity contribution >= 4 is 29.4 Å². The highest BCUT2D eigenvalue weighted by Gasteiger charge is 2.16. The molecule has 2 aromatic rings. The fourth-order valence-corrected chi connectivity index (χ4v) is 1.94. The number of nitrogens with one attached hydrogen (secondary N) is 1. The van der Waals surface area contributed by atoms with Gasteiger partial charge in [-0.3, -0.25) is 9.62 Å². The molecule has 0 aliphatic heterocycles. The van der Waals surface area contributed by atoms with E-state index in [1.54, 1.807) is 4.90 Å². The molecular formula is C14H14N2OS. The lowest BCUT2D eigenvalue weighted by Crippen LogP contribution is -2.32. The van der Waals surface area contributed by atoms with E-state index < -0.39 is 0 Å². The quantitative estimate of drug-likeness (QED) is 0.849. The molecule has 2 rings (SSSR count). The van der Waals surface area contributed by atoms with Gasteiger partial charge in [-0.15, -0.1) is 0 Å². The molecular weight excluding hydrogens is 244 g/mol. The molecule has 0 fully saturated rings. The zero-order valence-corrected chi connectivity index (χ0v) is 10.9. The van der Waals surface area contributed by atoms with Gasteiger partial charge in [0.05, 0.1) is 11.4 Å². The molecule has 2 aromatic carbocycles. The van der Waals surface area contributed by atoms with E-state index in [-0.39, 0.29) is 6.03 Å². The van der Waals surface area contributed by atoms with Crippen LogP contribution in [-0.2, 0) is 0 Å². The summed E-state index contributed by atoms with van der Waals surface area (Å²) in [5.74, 6) is 0. The van der Waals surface area contributed by atoms with Crippen LogP contribution in [0, 0.1) is 0 Å². The first-order valence-electron chi connectivity index (χ1n) is 5.56. The van der Waals surface area contributed by atoms with Gasteiger partial charge in [-0.1, -0.05) is 48.3 Å². The zero-order chi connectivity index (χ0) is 12.8. The summed E-state index contributed by atoms with van der Waals surface area (Å²) >= 11 is 1.29. The first kappa shape index (κ1) is 12.5. The lowest BCUT2D eigenvalue weighted by Gasteiger charge is -2.22. The summed E-state index contributed by atoms with van der Waals surface area (Å²) in [6.07, 6.45) is 1.83. The molecule has 0 spiro atoms. The van der Waals surface area contributed by atoms with Gasteiger partial charge in [-0.05, 0) is 24.3 Å². The van der Waals surface area contributed by atoms with Gasteiger partial charge in [0, 0.05) is 6.26 Å². The molecule has 0 radical (unpaired) electrons. The third kappa shape index (κ3) is 2.84. The van der Waals surface area contributed by atoms with Crippen LogP contribution in [0.5, 0.6) is 0 Å². The van der Waals surface area contributed by atoms with Gasteiger partial charge in [0.15, 0.2) is 0 Å². The van der Waals surface area contributed by atoms with Crippen molar-refractivity contribution in [3.8, 4) is 0 Å². The minimum Gasteiger partial charge on any atom is -0.281 e. The molecule has 0 atom stereocenters. The van der Waals surface area contributed by atoms with Crippen LogP contribution >= 0.6 is 11.9 Å². The number of carbonyl (C=O) groups is 1. The topological polar surface area (TPSA) is 32.3 Å². The fraction of sp³-hybridized carbons (Fsp3) is 0.0714. The molecule has 0 aromatic heterocycles. The standard InChI is InChI=1S/C14H14N2OS/c1-18-15-14(17)16(12-8-4-2-5-9-12)13-10-6-3-7-11-13/h2-11H,1H3,(H,15,17). The van der Waals surface area contributed by atoms with Crippen LogP contribution in [0.2, 0.25) is 0 Å². The van der Waals surface area contributed by atoms with Crippen LogP contribution in [0.4, 0.5) is 16.2 Å². The Morgan fingerprint density at radius 2 is 1.39 bits per heavy atom. The smallest absolute Gasteiger partial charge is 0.281 e. The molecule has 2 amide bonds. The second-order valence-corrected chi connectivity index (χ2v) is 4.23. The van der Waals surface area contributed by atoms with Gasteiger partial charge in [-0.25, -0.2) is 4.79 Å². The molecule has 0 bridgehead atoms.